The van der Waals surface area contributed by atoms with Crippen molar-refractivity contribution in [3.63, 3.8) is 0 Å². The molecule has 0 amide bonds. The van der Waals surface area contributed by atoms with E-state index in [-0.39, 0.29) is 0 Å². The normalized spacial score (nSPS) is 19.1. The number of nitrogens with zero attached hydrogens (tertiary/aromatic N) is 5. The number of benzene rings is 2. The van der Waals surface area contributed by atoms with Crippen LogP contribution in [0.25, 0.3) is 17.0 Å². The largest absolute Gasteiger partial charge is 0.347 e. The van der Waals surface area contributed by atoms with E-state index in [0.29, 0.717) is 11.3 Å². The van der Waals surface area contributed by atoms with Crippen LogP contribution in [0.4, 0.5) is 5.69 Å². The third kappa shape index (κ3) is 2.97. The second-order valence-corrected chi connectivity index (χ2v) is 7.01. The summed E-state index contributed by atoms with van der Waals surface area (Å²) in [6.45, 7) is 2.01. The quantitative estimate of drug-likeness (QED) is 0.701. The predicted molar refractivity (Wildman–Crippen MR) is 115 cm³/mol. The minimum atomic E-state index is -0.698. The second-order valence-electron chi connectivity index (χ2n) is 7.01. The van der Waals surface area contributed by atoms with Crippen molar-refractivity contribution in [1.29, 1.82) is 10.5 Å². The topological polar surface area (TPSA) is 94.1 Å². The summed E-state index contributed by atoms with van der Waals surface area (Å²) in [5.74, 6) is -0.698. The van der Waals surface area contributed by atoms with Crippen LogP contribution < -0.4 is 10.7 Å². The average Bonchev–Trinajstić information content (AvgIpc) is 3.21. The summed E-state index contributed by atoms with van der Waals surface area (Å²) in [4.78, 5) is 0. The first-order valence-electron chi connectivity index (χ1n) is 9.31. The highest BCUT2D eigenvalue weighted by Crippen LogP contribution is 2.31. The molecule has 0 radical (unpaired) electrons. The van der Waals surface area contributed by atoms with Crippen molar-refractivity contribution < 1.29 is 0 Å². The van der Waals surface area contributed by atoms with Crippen LogP contribution >= 0.6 is 0 Å². The number of aryl methyl sites for hydroxylation is 1. The van der Waals surface area contributed by atoms with Gasteiger partial charge in [-0.05, 0) is 31.2 Å². The standard InChI is InChI=1S/C23H20N6/c1-15-19(18-10-6-7-11-21(18)28(15)2)12-16(13-24)22-20(14-25)23(26)29(27-22)17-8-4-3-5-9-17/h3-12,20,23H,26H2,1-2H3/b16-12+/t20-,23-/m1/s1. The summed E-state index contributed by atoms with van der Waals surface area (Å²) < 4.78 is 2.09. The van der Waals surface area contributed by atoms with Crippen LogP contribution in [0.2, 0.25) is 0 Å². The van der Waals surface area contributed by atoms with E-state index in [1.54, 1.807) is 5.01 Å². The fourth-order valence-electron chi connectivity index (χ4n) is 3.76. The number of nitrogens with two attached hydrogens (primary N) is 1. The minimum absolute atomic E-state index is 0.352. The van der Waals surface area contributed by atoms with Crippen molar-refractivity contribution in [3.05, 3.63) is 71.4 Å². The van der Waals surface area contributed by atoms with Gasteiger partial charge in [0, 0.05) is 29.2 Å². The van der Waals surface area contributed by atoms with Crippen molar-refractivity contribution in [2.45, 2.75) is 13.1 Å². The zero-order chi connectivity index (χ0) is 20.5. The van der Waals surface area contributed by atoms with Crippen LogP contribution in [0.5, 0.6) is 0 Å². The molecule has 29 heavy (non-hydrogen) atoms. The summed E-state index contributed by atoms with van der Waals surface area (Å²) in [5.41, 5.74) is 10.9. The van der Waals surface area contributed by atoms with E-state index in [1.165, 1.54) is 0 Å². The molecule has 1 aromatic heterocycles. The molecule has 0 spiro atoms. The number of hydrogen-bond acceptors (Lipinski definition) is 5. The monoisotopic (exact) mass is 380 g/mol. The van der Waals surface area contributed by atoms with E-state index in [1.807, 2.05) is 74.6 Å². The molecule has 0 aliphatic carbocycles. The molecule has 0 fully saturated rings. The average molecular weight is 380 g/mol. The molecule has 0 bridgehead atoms. The SMILES string of the molecule is Cc1c(/C=C(\C#N)C2=NN(c3ccccc3)[C@@H](N)[C@@H]2C#N)c2ccccc2n1C. The second kappa shape index (κ2) is 7.27. The van der Waals surface area contributed by atoms with Gasteiger partial charge in [0.1, 0.15) is 18.2 Å². The Labute approximate surface area is 169 Å². The molecule has 6 heteroatoms. The Morgan fingerprint density at radius 3 is 2.48 bits per heavy atom. The molecule has 2 heterocycles. The summed E-state index contributed by atoms with van der Waals surface area (Å²) in [6, 6.07) is 21.9. The first kappa shape index (κ1) is 18.5. The Hall–Kier alpha value is -3.87. The lowest BCUT2D eigenvalue weighted by atomic mass is 9.95. The fourth-order valence-corrected chi connectivity index (χ4v) is 3.76. The molecule has 0 saturated carbocycles. The molecule has 142 valence electrons. The maximum atomic E-state index is 9.90. The zero-order valence-corrected chi connectivity index (χ0v) is 16.2. The summed E-state index contributed by atoms with van der Waals surface area (Å²) in [7, 11) is 2.00. The maximum absolute atomic E-state index is 9.90. The van der Waals surface area contributed by atoms with Crippen LogP contribution in [0.3, 0.4) is 0 Å². The fraction of sp³-hybridized carbons (Fsp3) is 0.174. The Bertz CT molecular complexity index is 1220. The Balaban J connectivity index is 1.85. The number of nitriles is 2. The number of hydrazone groups is 1. The number of anilines is 1. The first-order chi connectivity index (χ1) is 14.1. The van der Waals surface area contributed by atoms with E-state index < -0.39 is 12.1 Å². The summed E-state index contributed by atoms with van der Waals surface area (Å²) >= 11 is 0. The van der Waals surface area contributed by atoms with Gasteiger partial charge < -0.3 is 10.3 Å². The van der Waals surface area contributed by atoms with Crippen molar-refractivity contribution in [2.75, 3.05) is 5.01 Å². The lowest BCUT2D eigenvalue weighted by Gasteiger charge is -2.21. The van der Waals surface area contributed by atoms with Gasteiger partial charge in [-0.2, -0.15) is 15.6 Å². The van der Waals surface area contributed by atoms with Gasteiger partial charge in [0.2, 0.25) is 0 Å². The van der Waals surface area contributed by atoms with Crippen molar-refractivity contribution >= 4 is 28.4 Å². The third-order valence-corrected chi connectivity index (χ3v) is 5.43. The molecular formula is C23H20N6. The number of allylic oxidation sites excluding steroid dienone is 1. The van der Waals surface area contributed by atoms with Gasteiger partial charge in [-0.3, -0.25) is 0 Å². The molecular weight excluding hydrogens is 360 g/mol. The zero-order valence-electron chi connectivity index (χ0n) is 16.2. The van der Waals surface area contributed by atoms with E-state index in [4.69, 9.17) is 5.73 Å². The highest BCUT2D eigenvalue weighted by molar-refractivity contribution is 6.12. The van der Waals surface area contributed by atoms with Crippen molar-refractivity contribution in [1.82, 2.24) is 4.57 Å². The number of rotatable bonds is 3. The summed E-state index contributed by atoms with van der Waals surface area (Å²) in [5, 5.41) is 26.9. The molecule has 0 unspecified atom stereocenters. The van der Waals surface area contributed by atoms with Crippen LogP contribution in [-0.4, -0.2) is 16.4 Å². The lowest BCUT2D eigenvalue weighted by molar-refractivity contribution is 0.624. The van der Waals surface area contributed by atoms with E-state index in [2.05, 4.69) is 21.8 Å². The van der Waals surface area contributed by atoms with Crippen molar-refractivity contribution in [3.8, 4) is 12.1 Å². The molecule has 1 aliphatic heterocycles. The maximum Gasteiger partial charge on any atom is 0.127 e. The molecule has 3 aromatic rings. The van der Waals surface area contributed by atoms with E-state index >= 15 is 0 Å². The molecule has 0 saturated heterocycles. The van der Waals surface area contributed by atoms with Crippen LogP contribution in [0, 0.1) is 35.5 Å². The molecule has 6 nitrogen and oxygen atoms in total. The summed E-state index contributed by atoms with van der Waals surface area (Å²) in [6.07, 6.45) is 1.17. The van der Waals surface area contributed by atoms with Gasteiger partial charge in [0.05, 0.1) is 23.0 Å². The Kier molecular flexibility index (Phi) is 4.64. The minimum Gasteiger partial charge on any atom is -0.347 e. The predicted octanol–water partition coefficient (Wildman–Crippen LogP) is 3.69. The highest BCUT2D eigenvalue weighted by atomic mass is 15.5. The first-order valence-corrected chi connectivity index (χ1v) is 9.31. The van der Waals surface area contributed by atoms with Gasteiger partial charge >= 0.3 is 0 Å². The molecule has 2 aromatic carbocycles. The third-order valence-electron chi connectivity index (χ3n) is 5.43. The number of hydrogen-bond donors (Lipinski definition) is 1. The van der Waals surface area contributed by atoms with Gasteiger partial charge in [0.25, 0.3) is 0 Å². The van der Waals surface area contributed by atoms with Crippen molar-refractivity contribution in [2.24, 2.45) is 23.8 Å². The smallest absolute Gasteiger partial charge is 0.127 e. The number of para-hydroxylation sites is 2. The van der Waals surface area contributed by atoms with Crippen LogP contribution in [-0.2, 0) is 7.05 Å². The van der Waals surface area contributed by atoms with Gasteiger partial charge in [0.15, 0.2) is 0 Å². The number of aromatic nitrogens is 1. The molecule has 1 aliphatic rings. The van der Waals surface area contributed by atoms with Gasteiger partial charge in [-0.1, -0.05) is 36.4 Å². The highest BCUT2D eigenvalue weighted by Gasteiger charge is 2.37. The Morgan fingerprint density at radius 2 is 1.79 bits per heavy atom. The van der Waals surface area contributed by atoms with E-state index in [9.17, 15) is 10.5 Å². The molecule has 2 N–H and O–H groups in total. The molecule has 4 rings (SSSR count). The van der Waals surface area contributed by atoms with Crippen LogP contribution in [0.1, 0.15) is 11.3 Å². The van der Waals surface area contributed by atoms with Gasteiger partial charge in [-0.15, -0.1) is 0 Å². The van der Waals surface area contributed by atoms with Gasteiger partial charge in [-0.25, -0.2) is 5.01 Å². The molecule has 2 atom stereocenters. The lowest BCUT2D eigenvalue weighted by Crippen LogP contribution is -2.40. The number of fused-ring (bicyclic) bond motifs is 1. The van der Waals surface area contributed by atoms with Crippen LogP contribution in [0.15, 0.2) is 65.3 Å². The van der Waals surface area contributed by atoms with E-state index in [0.717, 1.165) is 27.8 Å². The Morgan fingerprint density at radius 1 is 1.10 bits per heavy atom.